The smallest absolute Gasteiger partial charge is 0.229 e. The number of nitrogens with one attached hydrogen (secondary N) is 1. The Kier molecular flexibility index (Phi) is 7.40. The molecule has 0 radical (unpaired) electrons. The van der Waals surface area contributed by atoms with Gasteiger partial charge in [0.25, 0.3) is 0 Å². The highest BCUT2D eigenvalue weighted by atomic mass is 16.5. The van der Waals surface area contributed by atoms with Crippen LogP contribution >= 0.6 is 0 Å². The van der Waals surface area contributed by atoms with Crippen molar-refractivity contribution in [2.45, 2.75) is 39.5 Å². The zero-order chi connectivity index (χ0) is 22.5. The number of hydrogen-bond acceptors (Lipinski definition) is 6. The van der Waals surface area contributed by atoms with Gasteiger partial charge in [-0.1, -0.05) is 0 Å². The zero-order valence-corrected chi connectivity index (χ0v) is 19.2. The van der Waals surface area contributed by atoms with E-state index in [1.807, 2.05) is 30.9 Å². The van der Waals surface area contributed by atoms with Crippen molar-refractivity contribution < 1.29 is 23.8 Å². The molecule has 2 aliphatic heterocycles. The molecule has 1 atom stereocenters. The quantitative estimate of drug-likeness (QED) is 0.663. The van der Waals surface area contributed by atoms with Crippen molar-refractivity contribution in [1.29, 1.82) is 0 Å². The molecule has 32 heavy (non-hydrogen) atoms. The molecule has 8 nitrogen and oxygen atoms in total. The summed E-state index contributed by atoms with van der Waals surface area (Å²) in [4.78, 5) is 29.7. The van der Waals surface area contributed by atoms with Gasteiger partial charge in [-0.2, -0.15) is 0 Å². The minimum Gasteiger partial charge on any atom is -0.492 e. The number of anilines is 2. The molecule has 1 unspecified atom stereocenters. The molecule has 0 spiro atoms. The lowest BCUT2D eigenvalue weighted by molar-refractivity contribution is -0.135. The number of benzene rings is 1. The lowest BCUT2D eigenvalue weighted by Crippen LogP contribution is -2.44. The predicted molar refractivity (Wildman–Crippen MR) is 122 cm³/mol. The van der Waals surface area contributed by atoms with Crippen LogP contribution in [-0.4, -0.2) is 69.3 Å². The highest BCUT2D eigenvalue weighted by Gasteiger charge is 2.37. The van der Waals surface area contributed by atoms with Gasteiger partial charge in [-0.05, 0) is 39.5 Å². The number of ether oxygens (including phenoxy) is 3. The molecule has 3 aliphatic rings. The molecule has 2 amide bonds. The van der Waals surface area contributed by atoms with Gasteiger partial charge in [-0.3, -0.25) is 9.59 Å². The van der Waals surface area contributed by atoms with E-state index in [2.05, 4.69) is 10.2 Å². The van der Waals surface area contributed by atoms with Gasteiger partial charge < -0.3 is 29.3 Å². The molecule has 176 valence electrons. The van der Waals surface area contributed by atoms with Crippen molar-refractivity contribution in [2.24, 2.45) is 11.8 Å². The number of rotatable bonds is 8. The number of nitrogens with zero attached hydrogens (tertiary/aromatic N) is 2. The van der Waals surface area contributed by atoms with Crippen LogP contribution in [0.25, 0.3) is 0 Å². The highest BCUT2D eigenvalue weighted by molar-refractivity contribution is 5.95. The number of amides is 2. The summed E-state index contributed by atoms with van der Waals surface area (Å²) in [5, 5.41) is 3.07. The van der Waals surface area contributed by atoms with E-state index < -0.39 is 0 Å². The Labute approximate surface area is 190 Å². The monoisotopic (exact) mass is 445 g/mol. The van der Waals surface area contributed by atoms with Crippen LogP contribution in [0.15, 0.2) is 12.1 Å². The Morgan fingerprint density at radius 3 is 2.41 bits per heavy atom. The molecule has 0 aromatic heterocycles. The number of hydrogen-bond donors (Lipinski definition) is 1. The second-order valence-corrected chi connectivity index (χ2v) is 8.67. The molecule has 1 aromatic rings. The van der Waals surface area contributed by atoms with E-state index in [9.17, 15) is 9.59 Å². The first-order valence-electron chi connectivity index (χ1n) is 12.0. The minimum atomic E-state index is -0.213. The van der Waals surface area contributed by atoms with Gasteiger partial charge in [0, 0.05) is 44.2 Å². The Morgan fingerprint density at radius 2 is 1.72 bits per heavy atom. The van der Waals surface area contributed by atoms with Crippen molar-refractivity contribution in [1.82, 2.24) is 4.90 Å². The fourth-order valence-corrected chi connectivity index (χ4v) is 4.46. The molecular weight excluding hydrogens is 410 g/mol. The third-order valence-corrected chi connectivity index (χ3v) is 6.30. The SMILES string of the molecule is CCOc1cc(N2CCOCC2)c(OCC)cc1NC(=O)C1CCCN(C(=O)C2CC2)C1. The molecule has 3 fully saturated rings. The average Bonchev–Trinajstić information content (AvgIpc) is 3.66. The number of carbonyl (C=O) groups is 2. The van der Waals surface area contributed by atoms with Gasteiger partial charge in [-0.15, -0.1) is 0 Å². The van der Waals surface area contributed by atoms with Crippen molar-refractivity contribution in [3.05, 3.63) is 12.1 Å². The first-order chi connectivity index (χ1) is 15.6. The van der Waals surface area contributed by atoms with E-state index in [1.54, 1.807) is 0 Å². The second-order valence-electron chi connectivity index (χ2n) is 8.67. The molecule has 2 saturated heterocycles. The molecule has 1 N–H and O–H groups in total. The molecular formula is C24H35N3O5. The third-order valence-electron chi connectivity index (χ3n) is 6.30. The van der Waals surface area contributed by atoms with Crippen LogP contribution in [0.5, 0.6) is 11.5 Å². The largest absolute Gasteiger partial charge is 0.492 e. The van der Waals surface area contributed by atoms with Gasteiger partial charge in [0.15, 0.2) is 0 Å². The number of morpholine rings is 1. The normalized spacial score (nSPS) is 21.2. The standard InChI is InChI=1S/C24H35N3O5/c1-3-31-21-15-20(26-10-12-30-13-11-26)22(32-4-2)14-19(21)25-23(28)18-6-5-9-27(16-18)24(29)17-7-8-17/h14-15,17-18H,3-13,16H2,1-2H3,(H,25,28). The van der Waals surface area contributed by atoms with Crippen LogP contribution in [0.4, 0.5) is 11.4 Å². The molecule has 4 rings (SSSR count). The summed E-state index contributed by atoms with van der Waals surface area (Å²) >= 11 is 0. The topological polar surface area (TPSA) is 80.3 Å². The maximum atomic E-state index is 13.2. The van der Waals surface area contributed by atoms with Crippen molar-refractivity contribution >= 4 is 23.2 Å². The highest BCUT2D eigenvalue weighted by Crippen LogP contribution is 2.40. The van der Waals surface area contributed by atoms with Crippen LogP contribution in [0.2, 0.25) is 0 Å². The summed E-state index contributed by atoms with van der Waals surface area (Å²) in [6, 6.07) is 3.83. The van der Waals surface area contributed by atoms with Crippen LogP contribution in [0, 0.1) is 11.8 Å². The van der Waals surface area contributed by atoms with E-state index in [1.165, 1.54) is 0 Å². The van der Waals surface area contributed by atoms with Crippen molar-refractivity contribution in [3.8, 4) is 11.5 Å². The first-order valence-corrected chi connectivity index (χ1v) is 12.0. The summed E-state index contributed by atoms with van der Waals surface area (Å²) in [6.07, 6.45) is 3.61. The van der Waals surface area contributed by atoms with Gasteiger partial charge >= 0.3 is 0 Å². The van der Waals surface area contributed by atoms with E-state index in [0.29, 0.717) is 44.4 Å². The van der Waals surface area contributed by atoms with Gasteiger partial charge in [0.2, 0.25) is 11.8 Å². The van der Waals surface area contributed by atoms with Gasteiger partial charge in [0.05, 0.1) is 43.7 Å². The van der Waals surface area contributed by atoms with E-state index in [-0.39, 0.29) is 23.7 Å². The number of carbonyl (C=O) groups excluding carboxylic acids is 2. The third kappa shape index (κ3) is 5.28. The lowest BCUT2D eigenvalue weighted by atomic mass is 9.96. The van der Waals surface area contributed by atoms with Crippen molar-refractivity contribution in [3.63, 3.8) is 0 Å². The van der Waals surface area contributed by atoms with E-state index in [4.69, 9.17) is 14.2 Å². The van der Waals surface area contributed by atoms with Crippen LogP contribution < -0.4 is 19.7 Å². The lowest BCUT2D eigenvalue weighted by Gasteiger charge is -2.33. The second kappa shape index (κ2) is 10.4. The molecule has 2 heterocycles. The molecule has 1 aliphatic carbocycles. The Balaban J connectivity index is 1.52. The van der Waals surface area contributed by atoms with Crippen LogP contribution in [-0.2, 0) is 14.3 Å². The fraction of sp³-hybridized carbons (Fsp3) is 0.667. The van der Waals surface area contributed by atoms with E-state index >= 15 is 0 Å². The zero-order valence-electron chi connectivity index (χ0n) is 19.2. The Bertz CT molecular complexity index is 820. The van der Waals surface area contributed by atoms with Gasteiger partial charge in [0.1, 0.15) is 11.5 Å². The van der Waals surface area contributed by atoms with Crippen LogP contribution in [0.1, 0.15) is 39.5 Å². The summed E-state index contributed by atoms with van der Waals surface area (Å²) in [5.74, 6) is 1.47. The molecule has 0 bridgehead atoms. The summed E-state index contributed by atoms with van der Waals surface area (Å²) < 4.78 is 17.3. The van der Waals surface area contributed by atoms with Gasteiger partial charge in [-0.25, -0.2) is 0 Å². The molecule has 8 heteroatoms. The summed E-state index contributed by atoms with van der Waals surface area (Å²) in [7, 11) is 0. The molecule has 1 saturated carbocycles. The Morgan fingerprint density at radius 1 is 1.00 bits per heavy atom. The summed E-state index contributed by atoms with van der Waals surface area (Å²) in [5.41, 5.74) is 1.57. The summed E-state index contributed by atoms with van der Waals surface area (Å²) in [6.45, 7) is 9.06. The fourth-order valence-electron chi connectivity index (χ4n) is 4.46. The predicted octanol–water partition coefficient (Wildman–Crippen LogP) is 2.91. The average molecular weight is 446 g/mol. The first kappa shape index (κ1) is 22.7. The minimum absolute atomic E-state index is 0.0687. The van der Waals surface area contributed by atoms with Crippen molar-refractivity contribution in [2.75, 3.05) is 62.8 Å². The maximum absolute atomic E-state index is 13.2. The Hall–Kier alpha value is -2.48. The maximum Gasteiger partial charge on any atom is 0.229 e. The van der Waals surface area contributed by atoms with Crippen LogP contribution in [0.3, 0.4) is 0 Å². The molecule has 1 aromatic carbocycles. The number of likely N-dealkylation sites (tertiary alicyclic amines) is 1. The van der Waals surface area contributed by atoms with E-state index in [0.717, 1.165) is 56.8 Å². The number of piperidine rings is 1.